The summed E-state index contributed by atoms with van der Waals surface area (Å²) in [5, 5.41) is 9.21. The molecule has 1 amide bonds. The van der Waals surface area contributed by atoms with Gasteiger partial charge < -0.3 is 5.32 Å². The fourth-order valence-corrected chi connectivity index (χ4v) is 6.09. The minimum absolute atomic E-state index is 0.136. The van der Waals surface area contributed by atoms with Crippen molar-refractivity contribution in [1.82, 2.24) is 19.2 Å². The van der Waals surface area contributed by atoms with Gasteiger partial charge in [-0.3, -0.25) is 9.89 Å². The number of amides is 1. The van der Waals surface area contributed by atoms with Gasteiger partial charge >= 0.3 is 0 Å². The lowest BCUT2D eigenvalue weighted by Gasteiger charge is -2.35. The number of carbonyl (C=O) groups excluding carboxylic acids is 1. The molecule has 1 fully saturated rings. The number of nitrogens with one attached hydrogen (secondary N) is 3. The third-order valence-corrected chi connectivity index (χ3v) is 8.20. The molecule has 1 aliphatic heterocycles. The molecular formula is C19H19ClFN5O3S2. The number of hydrogen-bond donors (Lipinski definition) is 3. The number of nitrogens with zero attached hydrogens (tertiary/aromatic N) is 2. The number of aryl methyl sites for hydroxylation is 1. The normalized spacial score (nSPS) is 21.2. The second kappa shape index (κ2) is 8.32. The van der Waals surface area contributed by atoms with Gasteiger partial charge in [-0.05, 0) is 43.2 Å². The summed E-state index contributed by atoms with van der Waals surface area (Å²) >= 11 is 7.24. The molecule has 1 aromatic carbocycles. The van der Waals surface area contributed by atoms with Gasteiger partial charge in [-0.15, -0.1) is 11.3 Å². The van der Waals surface area contributed by atoms with Gasteiger partial charge in [-0.25, -0.2) is 4.39 Å². The number of benzene rings is 1. The molecule has 3 aromatic rings. The Balaban J connectivity index is 1.60. The van der Waals surface area contributed by atoms with E-state index >= 15 is 0 Å². The molecule has 2 unspecified atom stereocenters. The summed E-state index contributed by atoms with van der Waals surface area (Å²) in [5.41, 5.74) is 2.14. The molecular weight excluding hydrogens is 465 g/mol. The van der Waals surface area contributed by atoms with E-state index in [1.165, 1.54) is 30.5 Å². The fourth-order valence-electron chi connectivity index (χ4n) is 3.46. The predicted octanol–water partition coefficient (Wildman–Crippen LogP) is 3.46. The molecule has 0 aliphatic carbocycles. The molecule has 8 nitrogen and oxygen atoms in total. The average molecular weight is 484 g/mol. The number of thiophene rings is 1. The lowest BCUT2D eigenvalue weighted by atomic mass is 10.0. The average Bonchev–Trinajstić information content (AvgIpc) is 3.36. The molecule has 0 saturated carbocycles. The van der Waals surface area contributed by atoms with Crippen molar-refractivity contribution in [3.63, 3.8) is 0 Å². The van der Waals surface area contributed by atoms with Gasteiger partial charge in [0.15, 0.2) is 0 Å². The van der Waals surface area contributed by atoms with E-state index < -0.39 is 34.0 Å². The molecule has 164 valence electrons. The maximum atomic E-state index is 13.4. The van der Waals surface area contributed by atoms with Crippen molar-refractivity contribution in [2.24, 2.45) is 0 Å². The number of halogens is 2. The summed E-state index contributed by atoms with van der Waals surface area (Å²) in [7, 11) is -2.55. The van der Waals surface area contributed by atoms with E-state index in [1.54, 1.807) is 12.4 Å². The molecule has 1 aliphatic rings. The van der Waals surface area contributed by atoms with Crippen molar-refractivity contribution in [2.45, 2.75) is 25.4 Å². The number of likely N-dealkylation sites (N-methyl/N-ethyl adjacent to an activating group) is 1. The van der Waals surface area contributed by atoms with Crippen LogP contribution in [0.3, 0.4) is 0 Å². The van der Waals surface area contributed by atoms with Crippen LogP contribution in [0.2, 0.25) is 5.02 Å². The lowest BCUT2D eigenvalue weighted by molar-refractivity contribution is -0.120. The SMILES string of the molecule is Cc1sc(C2CC(C(=O)Nc3ccc(F)c(Cl)c3)N(C)S(=O)(=O)N2)cc1-c1cn[nH]c1. The van der Waals surface area contributed by atoms with Crippen molar-refractivity contribution in [2.75, 3.05) is 12.4 Å². The van der Waals surface area contributed by atoms with Gasteiger partial charge in [-0.2, -0.15) is 22.5 Å². The Hall–Kier alpha value is -2.31. The minimum atomic E-state index is -3.89. The Labute approximate surface area is 187 Å². The first-order valence-corrected chi connectivity index (χ1v) is 11.9. The van der Waals surface area contributed by atoms with E-state index in [4.69, 9.17) is 11.6 Å². The summed E-state index contributed by atoms with van der Waals surface area (Å²) in [4.78, 5) is 14.7. The third kappa shape index (κ3) is 4.37. The molecule has 31 heavy (non-hydrogen) atoms. The van der Waals surface area contributed by atoms with Crippen LogP contribution in [0, 0.1) is 12.7 Å². The number of carbonyl (C=O) groups is 1. The summed E-state index contributed by atoms with van der Waals surface area (Å²) in [5.74, 6) is -1.13. The topological polar surface area (TPSA) is 107 Å². The van der Waals surface area contributed by atoms with Crippen molar-refractivity contribution < 1.29 is 17.6 Å². The van der Waals surface area contributed by atoms with Crippen LogP contribution >= 0.6 is 22.9 Å². The van der Waals surface area contributed by atoms with Gasteiger partial charge in [0.2, 0.25) is 5.91 Å². The highest BCUT2D eigenvalue weighted by molar-refractivity contribution is 7.87. The van der Waals surface area contributed by atoms with Crippen molar-refractivity contribution in [3.8, 4) is 11.1 Å². The van der Waals surface area contributed by atoms with E-state index in [9.17, 15) is 17.6 Å². The highest BCUT2D eigenvalue weighted by Crippen LogP contribution is 2.37. The van der Waals surface area contributed by atoms with Crippen LogP contribution < -0.4 is 10.0 Å². The highest BCUT2D eigenvalue weighted by Gasteiger charge is 2.41. The van der Waals surface area contributed by atoms with Crippen LogP contribution in [0.25, 0.3) is 11.1 Å². The molecule has 3 N–H and O–H groups in total. The Morgan fingerprint density at radius 1 is 1.39 bits per heavy atom. The van der Waals surface area contributed by atoms with Crippen LogP contribution in [-0.4, -0.2) is 41.9 Å². The van der Waals surface area contributed by atoms with Gasteiger partial charge in [0.1, 0.15) is 11.9 Å². The van der Waals surface area contributed by atoms with Crippen molar-refractivity contribution in [3.05, 3.63) is 57.3 Å². The maximum Gasteiger partial charge on any atom is 0.280 e. The summed E-state index contributed by atoms with van der Waals surface area (Å²) in [6.07, 6.45) is 3.69. The monoisotopic (exact) mass is 483 g/mol. The van der Waals surface area contributed by atoms with E-state index in [0.29, 0.717) is 0 Å². The molecule has 0 spiro atoms. The highest BCUT2D eigenvalue weighted by atomic mass is 35.5. The van der Waals surface area contributed by atoms with Gasteiger partial charge in [0, 0.05) is 34.2 Å². The molecule has 4 rings (SSSR count). The molecule has 1 saturated heterocycles. The predicted molar refractivity (Wildman–Crippen MR) is 118 cm³/mol. The Bertz CT molecular complexity index is 1230. The van der Waals surface area contributed by atoms with Gasteiger partial charge in [0.05, 0.1) is 17.3 Å². The van der Waals surface area contributed by atoms with Gasteiger partial charge in [0.25, 0.3) is 10.2 Å². The van der Waals surface area contributed by atoms with E-state index in [-0.39, 0.29) is 17.1 Å². The second-order valence-corrected chi connectivity index (χ2v) is 10.6. The summed E-state index contributed by atoms with van der Waals surface area (Å²) in [6, 6.07) is 4.17. The minimum Gasteiger partial charge on any atom is -0.325 e. The fraction of sp³-hybridized carbons (Fsp3) is 0.263. The Kier molecular flexibility index (Phi) is 5.88. The second-order valence-electron chi connectivity index (χ2n) is 7.17. The number of anilines is 1. The number of aromatic amines is 1. The first kappa shape index (κ1) is 21.9. The van der Waals surface area contributed by atoms with Crippen molar-refractivity contribution in [1.29, 1.82) is 0 Å². The zero-order valence-corrected chi connectivity index (χ0v) is 18.9. The number of rotatable bonds is 4. The molecule has 0 bridgehead atoms. The zero-order valence-electron chi connectivity index (χ0n) is 16.5. The van der Waals surface area contributed by atoms with Crippen LogP contribution in [0.1, 0.15) is 22.2 Å². The first-order chi connectivity index (χ1) is 14.7. The summed E-state index contributed by atoms with van der Waals surface area (Å²) in [6.45, 7) is 1.95. The zero-order chi connectivity index (χ0) is 22.3. The van der Waals surface area contributed by atoms with E-state index in [2.05, 4.69) is 20.2 Å². The van der Waals surface area contributed by atoms with E-state index in [1.807, 2.05) is 13.0 Å². The quantitative estimate of drug-likeness (QED) is 0.528. The van der Waals surface area contributed by atoms with E-state index in [0.717, 1.165) is 31.3 Å². The van der Waals surface area contributed by atoms with Crippen LogP contribution in [0.15, 0.2) is 36.7 Å². The smallest absolute Gasteiger partial charge is 0.280 e. The largest absolute Gasteiger partial charge is 0.325 e. The third-order valence-electron chi connectivity index (χ3n) is 5.15. The molecule has 2 aromatic heterocycles. The maximum absolute atomic E-state index is 13.4. The molecule has 2 atom stereocenters. The van der Waals surface area contributed by atoms with Crippen LogP contribution in [-0.2, 0) is 15.0 Å². The van der Waals surface area contributed by atoms with Crippen molar-refractivity contribution >= 4 is 44.7 Å². The lowest BCUT2D eigenvalue weighted by Crippen LogP contribution is -2.55. The molecule has 3 heterocycles. The first-order valence-electron chi connectivity index (χ1n) is 9.26. The van der Waals surface area contributed by atoms with Gasteiger partial charge in [-0.1, -0.05) is 11.6 Å². The standard InChI is InChI=1S/C19H19ClFN5O3S2/c1-10-13(11-8-22-23-9-11)6-18(30-10)16-7-17(26(2)31(28,29)25-16)19(27)24-12-3-4-15(21)14(20)5-12/h3-6,8-9,16-17,25H,7H2,1-2H3,(H,22,23)(H,24,27). The van der Waals surface area contributed by atoms with Crippen LogP contribution in [0.5, 0.6) is 0 Å². The Morgan fingerprint density at radius 2 is 2.16 bits per heavy atom. The Morgan fingerprint density at radius 3 is 2.84 bits per heavy atom. The molecule has 0 radical (unpaired) electrons. The summed E-state index contributed by atoms with van der Waals surface area (Å²) < 4.78 is 42.4. The number of hydrogen-bond acceptors (Lipinski definition) is 5. The van der Waals surface area contributed by atoms with Crippen LogP contribution in [0.4, 0.5) is 10.1 Å². The number of H-pyrrole nitrogens is 1. The number of aromatic nitrogens is 2. The molecule has 12 heteroatoms.